The van der Waals surface area contributed by atoms with Crippen molar-refractivity contribution in [3.05, 3.63) is 58.4 Å². The number of phenolic OH excluding ortho intramolecular Hbond substituents is 1. The van der Waals surface area contributed by atoms with Gasteiger partial charge in [0, 0.05) is 11.6 Å². The van der Waals surface area contributed by atoms with E-state index in [0.29, 0.717) is 11.3 Å². The Morgan fingerprint density at radius 3 is 2.67 bits per heavy atom. The maximum Gasteiger partial charge on any atom is 0.152 e. The number of piperazine rings is 1. The van der Waals surface area contributed by atoms with Crippen LogP contribution in [0.25, 0.3) is 10.9 Å². The fourth-order valence-corrected chi connectivity index (χ4v) is 4.60. The number of likely N-dealkylation sites (N-methyl/N-ethyl adjacent to an activating group) is 1. The third-order valence-electron chi connectivity index (χ3n) is 5.07. The lowest BCUT2D eigenvalue weighted by Crippen LogP contribution is -3.27. The van der Waals surface area contributed by atoms with Gasteiger partial charge in [-0.25, -0.2) is 0 Å². The molecule has 1 fully saturated rings. The number of nitrogens with one attached hydrogen (secondary N) is 2. The number of pyridine rings is 1. The highest BCUT2D eigenvalue weighted by Crippen LogP contribution is 2.34. The summed E-state index contributed by atoms with van der Waals surface area (Å²) >= 11 is 1.78. The number of hydrogen-bond acceptors (Lipinski definition) is 3. The molecule has 0 radical (unpaired) electrons. The third-order valence-corrected chi connectivity index (χ3v) is 6.01. The summed E-state index contributed by atoms with van der Waals surface area (Å²) in [6, 6.07) is 12.6. The van der Waals surface area contributed by atoms with E-state index in [1.807, 2.05) is 12.1 Å². The highest BCUT2D eigenvalue weighted by atomic mass is 32.1. The molecule has 0 aliphatic carbocycles. The Morgan fingerprint density at radius 2 is 1.92 bits per heavy atom. The van der Waals surface area contributed by atoms with E-state index < -0.39 is 0 Å². The van der Waals surface area contributed by atoms with Gasteiger partial charge in [0.15, 0.2) is 11.8 Å². The van der Waals surface area contributed by atoms with Gasteiger partial charge in [0.1, 0.15) is 31.7 Å². The number of quaternary nitrogens is 2. The summed E-state index contributed by atoms with van der Waals surface area (Å²) in [5.41, 5.74) is 1.70. The van der Waals surface area contributed by atoms with Crippen molar-refractivity contribution in [3.63, 3.8) is 0 Å². The number of thiophene rings is 1. The van der Waals surface area contributed by atoms with Crippen molar-refractivity contribution in [2.75, 3.05) is 33.2 Å². The Morgan fingerprint density at radius 1 is 1.08 bits per heavy atom. The van der Waals surface area contributed by atoms with Crippen LogP contribution in [0.15, 0.2) is 48.0 Å². The van der Waals surface area contributed by atoms with Crippen molar-refractivity contribution < 1.29 is 14.9 Å². The minimum Gasteiger partial charge on any atom is -0.505 e. The van der Waals surface area contributed by atoms with Crippen LogP contribution in [0, 0.1) is 0 Å². The number of hydrogen-bond donors (Lipinski definition) is 3. The van der Waals surface area contributed by atoms with Crippen molar-refractivity contribution in [2.24, 2.45) is 0 Å². The maximum atomic E-state index is 10.9. The summed E-state index contributed by atoms with van der Waals surface area (Å²) in [5.74, 6) is 0.338. The van der Waals surface area contributed by atoms with Crippen LogP contribution in [0.1, 0.15) is 16.5 Å². The fourth-order valence-electron chi connectivity index (χ4n) is 3.69. The zero-order chi connectivity index (χ0) is 16.5. The number of aromatic nitrogens is 1. The Bertz CT molecular complexity index is 826. The summed E-state index contributed by atoms with van der Waals surface area (Å²) in [6.07, 6.45) is 1.75. The van der Waals surface area contributed by atoms with Crippen LogP contribution >= 0.6 is 11.3 Å². The highest BCUT2D eigenvalue weighted by molar-refractivity contribution is 7.10. The van der Waals surface area contributed by atoms with Crippen LogP contribution in [0.5, 0.6) is 5.75 Å². The van der Waals surface area contributed by atoms with Crippen LogP contribution in [0.2, 0.25) is 0 Å². The lowest BCUT2D eigenvalue weighted by Gasteiger charge is -2.33. The predicted octanol–water partition coefficient (Wildman–Crippen LogP) is 0.505. The molecule has 3 N–H and O–H groups in total. The molecule has 1 saturated heterocycles. The van der Waals surface area contributed by atoms with Gasteiger partial charge < -0.3 is 14.9 Å². The summed E-state index contributed by atoms with van der Waals surface area (Å²) in [6.45, 7) is 4.58. The Balaban J connectivity index is 1.80. The summed E-state index contributed by atoms with van der Waals surface area (Å²) in [5, 5.41) is 14.0. The quantitative estimate of drug-likeness (QED) is 0.650. The number of fused-ring (bicyclic) bond motifs is 1. The molecule has 124 valence electrons. The number of nitrogens with zero attached hydrogens (tertiary/aromatic N) is 1. The first-order valence-corrected chi connectivity index (χ1v) is 9.38. The molecule has 0 amide bonds. The van der Waals surface area contributed by atoms with E-state index in [1.165, 1.54) is 22.9 Å². The number of benzene rings is 1. The average Bonchev–Trinajstić information content (AvgIpc) is 3.13. The molecule has 2 aromatic heterocycles. The molecule has 0 saturated carbocycles. The normalized spacial score (nSPS) is 22.5. The maximum absolute atomic E-state index is 10.9. The average molecular weight is 341 g/mol. The topological polar surface area (TPSA) is 42.0 Å². The van der Waals surface area contributed by atoms with Gasteiger partial charge >= 0.3 is 0 Å². The molecule has 0 bridgehead atoms. The van der Waals surface area contributed by atoms with E-state index in [4.69, 9.17) is 0 Å². The Labute approximate surface area is 146 Å². The second-order valence-corrected chi connectivity index (χ2v) is 7.62. The van der Waals surface area contributed by atoms with Crippen LogP contribution in [-0.2, 0) is 0 Å². The lowest BCUT2D eigenvalue weighted by atomic mass is 9.99. The zero-order valence-corrected chi connectivity index (χ0v) is 14.6. The first-order chi connectivity index (χ1) is 11.7. The van der Waals surface area contributed by atoms with E-state index in [0.717, 1.165) is 24.0 Å². The smallest absolute Gasteiger partial charge is 0.152 e. The monoisotopic (exact) mass is 341 g/mol. The first kappa shape index (κ1) is 15.6. The number of phenols is 1. The molecule has 4 nitrogen and oxygen atoms in total. The van der Waals surface area contributed by atoms with E-state index in [-0.39, 0.29) is 6.04 Å². The van der Waals surface area contributed by atoms with Crippen LogP contribution in [0.4, 0.5) is 0 Å². The molecule has 4 rings (SSSR count). The van der Waals surface area contributed by atoms with Gasteiger partial charge in [-0.3, -0.25) is 4.98 Å². The molecule has 1 aliphatic heterocycles. The lowest BCUT2D eigenvalue weighted by molar-refractivity contribution is -1.02. The minimum absolute atomic E-state index is 0.185. The van der Waals surface area contributed by atoms with E-state index in [2.05, 4.69) is 41.7 Å². The van der Waals surface area contributed by atoms with Crippen LogP contribution in [-0.4, -0.2) is 43.3 Å². The molecule has 3 aromatic rings. The van der Waals surface area contributed by atoms with Gasteiger partial charge in [0.2, 0.25) is 0 Å². The summed E-state index contributed by atoms with van der Waals surface area (Å²) < 4.78 is 0. The zero-order valence-electron chi connectivity index (χ0n) is 13.8. The largest absolute Gasteiger partial charge is 0.505 e. The number of aromatic hydroxyl groups is 1. The van der Waals surface area contributed by atoms with Crippen LogP contribution in [0.3, 0.4) is 0 Å². The molecule has 3 heterocycles. The fraction of sp³-hybridized carbons (Fsp3) is 0.316. The van der Waals surface area contributed by atoms with Crippen molar-refractivity contribution in [1.82, 2.24) is 4.98 Å². The Kier molecular flexibility index (Phi) is 4.22. The second kappa shape index (κ2) is 6.51. The first-order valence-electron chi connectivity index (χ1n) is 8.50. The Hall–Kier alpha value is -1.95. The molecule has 1 aliphatic rings. The van der Waals surface area contributed by atoms with Gasteiger partial charge in [-0.2, -0.15) is 0 Å². The SMILES string of the molecule is C[NH+]1CC[NH+]([C@H](c2cccs2)c2ccc3cccnc3c2O)CC1. The standard InChI is InChI=1S/C19H21N3OS/c1-21-9-11-22(12-10-21)18(16-5-3-13-24-16)15-7-6-14-4-2-8-20-17(14)19(15)23/h2-8,13,18,23H,9-12H2,1H3/p+2/t18-/m0/s1. The van der Waals surface area contributed by atoms with Gasteiger partial charge in [0.05, 0.1) is 17.5 Å². The van der Waals surface area contributed by atoms with Crippen molar-refractivity contribution in [2.45, 2.75) is 6.04 Å². The molecular weight excluding hydrogens is 318 g/mol. The van der Waals surface area contributed by atoms with E-state index in [9.17, 15) is 5.11 Å². The summed E-state index contributed by atoms with van der Waals surface area (Å²) in [7, 11) is 2.26. The molecular formula is C19H23N3OS+2. The van der Waals surface area contributed by atoms with E-state index in [1.54, 1.807) is 22.4 Å². The van der Waals surface area contributed by atoms with Crippen LogP contribution < -0.4 is 9.80 Å². The van der Waals surface area contributed by atoms with Gasteiger partial charge in [-0.15, -0.1) is 11.3 Å². The minimum atomic E-state index is 0.185. The van der Waals surface area contributed by atoms with Gasteiger partial charge in [-0.1, -0.05) is 18.2 Å². The van der Waals surface area contributed by atoms with Crippen molar-refractivity contribution in [1.29, 1.82) is 0 Å². The molecule has 24 heavy (non-hydrogen) atoms. The highest BCUT2D eigenvalue weighted by Gasteiger charge is 2.33. The van der Waals surface area contributed by atoms with Crippen molar-refractivity contribution >= 4 is 22.2 Å². The third kappa shape index (κ3) is 2.79. The number of rotatable bonds is 3. The molecule has 1 atom stereocenters. The second-order valence-electron chi connectivity index (χ2n) is 6.64. The summed E-state index contributed by atoms with van der Waals surface area (Å²) in [4.78, 5) is 8.84. The van der Waals surface area contributed by atoms with E-state index >= 15 is 0 Å². The molecule has 0 spiro atoms. The van der Waals surface area contributed by atoms with Gasteiger partial charge in [-0.05, 0) is 23.6 Å². The molecule has 5 heteroatoms. The van der Waals surface area contributed by atoms with Crippen molar-refractivity contribution in [3.8, 4) is 5.75 Å². The van der Waals surface area contributed by atoms with Gasteiger partial charge in [0.25, 0.3) is 0 Å². The predicted molar refractivity (Wildman–Crippen MR) is 96.9 cm³/mol. The molecule has 1 aromatic carbocycles. The molecule has 0 unspecified atom stereocenters.